The van der Waals surface area contributed by atoms with E-state index in [1.54, 1.807) is 0 Å². The van der Waals surface area contributed by atoms with Crippen molar-refractivity contribution in [3.63, 3.8) is 0 Å². The third-order valence-electron chi connectivity index (χ3n) is 6.02. The van der Waals surface area contributed by atoms with E-state index in [0.717, 1.165) is 25.3 Å². The Morgan fingerprint density at radius 3 is 2.22 bits per heavy atom. The number of rotatable bonds is 2. The molecule has 0 aromatic rings. The van der Waals surface area contributed by atoms with Gasteiger partial charge in [-0.2, -0.15) is 0 Å². The van der Waals surface area contributed by atoms with Crippen LogP contribution in [0.25, 0.3) is 0 Å². The highest BCUT2D eigenvalue weighted by molar-refractivity contribution is 5.75. The first-order valence-corrected chi connectivity index (χ1v) is 9.62. The van der Waals surface area contributed by atoms with Crippen LogP contribution >= 0.6 is 0 Å². The SMILES string of the molecule is CC1(C)CC(NC(=O)N2CCC[C@@H]2C2CCCC2)CC(C)(C)N1. The molecule has 4 heteroatoms. The molecule has 0 aromatic heterocycles. The summed E-state index contributed by atoms with van der Waals surface area (Å²) in [5, 5.41) is 7.07. The van der Waals surface area contributed by atoms with Crippen LogP contribution in [0.1, 0.15) is 79.1 Å². The van der Waals surface area contributed by atoms with E-state index in [1.807, 2.05) is 0 Å². The first kappa shape index (κ1) is 17.1. The van der Waals surface area contributed by atoms with Crippen LogP contribution in [0.15, 0.2) is 0 Å². The molecule has 132 valence electrons. The second-order valence-electron chi connectivity index (χ2n) is 9.39. The van der Waals surface area contributed by atoms with Crippen LogP contribution in [0.5, 0.6) is 0 Å². The molecule has 0 unspecified atom stereocenters. The summed E-state index contributed by atoms with van der Waals surface area (Å²) in [6.45, 7) is 9.91. The average molecular weight is 322 g/mol. The van der Waals surface area contributed by atoms with E-state index in [2.05, 4.69) is 43.2 Å². The van der Waals surface area contributed by atoms with Crippen LogP contribution < -0.4 is 10.6 Å². The molecule has 0 spiro atoms. The standard InChI is InChI=1S/C19H35N3O/c1-18(2)12-15(13-19(3,4)21-18)20-17(23)22-11-7-10-16(22)14-8-5-6-9-14/h14-16,21H,5-13H2,1-4H3,(H,20,23)/t16-/m1/s1. The fraction of sp³-hybridized carbons (Fsp3) is 0.947. The van der Waals surface area contributed by atoms with Crippen molar-refractivity contribution in [2.24, 2.45) is 5.92 Å². The van der Waals surface area contributed by atoms with Gasteiger partial charge in [-0.3, -0.25) is 0 Å². The van der Waals surface area contributed by atoms with E-state index in [9.17, 15) is 4.79 Å². The number of amides is 2. The number of likely N-dealkylation sites (tertiary alicyclic amines) is 1. The van der Waals surface area contributed by atoms with Crippen LogP contribution in [0, 0.1) is 5.92 Å². The average Bonchev–Trinajstić information content (AvgIpc) is 3.05. The van der Waals surface area contributed by atoms with E-state index in [4.69, 9.17) is 0 Å². The molecule has 2 heterocycles. The van der Waals surface area contributed by atoms with Crippen molar-refractivity contribution in [1.82, 2.24) is 15.5 Å². The third-order valence-corrected chi connectivity index (χ3v) is 6.02. The maximum atomic E-state index is 12.9. The van der Waals surface area contributed by atoms with Crippen molar-refractivity contribution < 1.29 is 4.79 Å². The van der Waals surface area contributed by atoms with Gasteiger partial charge in [0.2, 0.25) is 0 Å². The van der Waals surface area contributed by atoms with Crippen LogP contribution in [0.4, 0.5) is 4.79 Å². The predicted octanol–water partition coefficient (Wildman–Crippen LogP) is 3.66. The number of piperidine rings is 1. The molecule has 1 atom stereocenters. The minimum Gasteiger partial charge on any atom is -0.335 e. The summed E-state index contributed by atoms with van der Waals surface area (Å²) in [5.41, 5.74) is 0.158. The van der Waals surface area contributed by atoms with Crippen molar-refractivity contribution in [1.29, 1.82) is 0 Å². The lowest BCUT2D eigenvalue weighted by molar-refractivity contribution is 0.132. The smallest absolute Gasteiger partial charge is 0.317 e. The van der Waals surface area contributed by atoms with Gasteiger partial charge >= 0.3 is 6.03 Å². The number of nitrogens with one attached hydrogen (secondary N) is 2. The summed E-state index contributed by atoms with van der Waals surface area (Å²) < 4.78 is 0. The van der Waals surface area contributed by atoms with Gasteiger partial charge in [0, 0.05) is 29.7 Å². The molecule has 3 fully saturated rings. The van der Waals surface area contributed by atoms with Crippen LogP contribution in [0.2, 0.25) is 0 Å². The minimum absolute atomic E-state index is 0.0789. The quantitative estimate of drug-likeness (QED) is 0.815. The Morgan fingerprint density at radius 2 is 1.61 bits per heavy atom. The Labute approximate surface area is 141 Å². The molecule has 0 aromatic carbocycles. The maximum Gasteiger partial charge on any atom is 0.317 e. The molecule has 0 radical (unpaired) electrons. The van der Waals surface area contributed by atoms with E-state index in [0.29, 0.717) is 6.04 Å². The molecule has 23 heavy (non-hydrogen) atoms. The molecule has 1 aliphatic carbocycles. The van der Waals surface area contributed by atoms with Gasteiger partial charge < -0.3 is 15.5 Å². The lowest BCUT2D eigenvalue weighted by Gasteiger charge is -2.47. The zero-order valence-electron chi connectivity index (χ0n) is 15.5. The molecule has 4 nitrogen and oxygen atoms in total. The van der Waals surface area contributed by atoms with Crippen LogP contribution in [-0.2, 0) is 0 Å². The summed E-state index contributed by atoms with van der Waals surface area (Å²) in [6.07, 6.45) is 9.75. The topological polar surface area (TPSA) is 44.4 Å². The largest absolute Gasteiger partial charge is 0.335 e. The molecule has 2 saturated heterocycles. The fourth-order valence-corrected chi connectivity index (χ4v) is 5.56. The normalized spacial score (nSPS) is 31.5. The van der Waals surface area contributed by atoms with Gasteiger partial charge in [0.1, 0.15) is 0 Å². The van der Waals surface area contributed by atoms with Crippen molar-refractivity contribution in [2.45, 2.75) is 102 Å². The summed E-state index contributed by atoms with van der Waals surface area (Å²) in [4.78, 5) is 15.1. The number of hydrogen-bond acceptors (Lipinski definition) is 2. The van der Waals surface area contributed by atoms with Gasteiger partial charge in [-0.25, -0.2) is 4.79 Å². The summed E-state index contributed by atoms with van der Waals surface area (Å²) in [6, 6.07) is 0.969. The van der Waals surface area contributed by atoms with E-state index in [-0.39, 0.29) is 23.2 Å². The molecule has 3 aliphatic rings. The molecular weight excluding hydrogens is 286 g/mol. The Morgan fingerprint density at radius 1 is 1.00 bits per heavy atom. The van der Waals surface area contributed by atoms with Gasteiger partial charge in [0.25, 0.3) is 0 Å². The summed E-state index contributed by atoms with van der Waals surface area (Å²) in [7, 11) is 0. The molecule has 0 bridgehead atoms. The highest BCUT2D eigenvalue weighted by Crippen LogP contribution is 2.36. The number of urea groups is 1. The zero-order valence-corrected chi connectivity index (χ0v) is 15.5. The third kappa shape index (κ3) is 4.01. The fourth-order valence-electron chi connectivity index (χ4n) is 5.56. The highest BCUT2D eigenvalue weighted by Gasteiger charge is 2.40. The second-order valence-corrected chi connectivity index (χ2v) is 9.39. The van der Waals surface area contributed by atoms with Gasteiger partial charge in [0.05, 0.1) is 0 Å². The number of nitrogens with zero attached hydrogens (tertiary/aromatic N) is 1. The number of carbonyl (C=O) groups excluding carboxylic acids is 1. The first-order chi connectivity index (χ1) is 10.8. The van der Waals surface area contributed by atoms with Crippen molar-refractivity contribution in [2.75, 3.05) is 6.54 Å². The van der Waals surface area contributed by atoms with Gasteiger partial charge in [-0.15, -0.1) is 0 Å². The lowest BCUT2D eigenvalue weighted by Crippen LogP contribution is -2.63. The number of carbonyl (C=O) groups is 1. The minimum atomic E-state index is 0.0789. The maximum absolute atomic E-state index is 12.9. The van der Waals surface area contributed by atoms with Crippen LogP contribution in [0.3, 0.4) is 0 Å². The molecule has 2 aliphatic heterocycles. The molecule has 2 amide bonds. The molecule has 2 N–H and O–H groups in total. The Kier molecular flexibility index (Phi) is 4.65. The second kappa shape index (κ2) is 6.27. The zero-order chi connectivity index (χ0) is 16.7. The van der Waals surface area contributed by atoms with E-state index < -0.39 is 0 Å². The van der Waals surface area contributed by atoms with E-state index >= 15 is 0 Å². The van der Waals surface area contributed by atoms with Crippen LogP contribution in [-0.4, -0.2) is 40.6 Å². The summed E-state index contributed by atoms with van der Waals surface area (Å²) in [5.74, 6) is 0.754. The lowest BCUT2D eigenvalue weighted by atomic mass is 9.79. The van der Waals surface area contributed by atoms with Gasteiger partial charge in [-0.1, -0.05) is 12.8 Å². The monoisotopic (exact) mass is 321 g/mol. The molecule has 1 saturated carbocycles. The van der Waals surface area contributed by atoms with Crippen molar-refractivity contribution >= 4 is 6.03 Å². The summed E-state index contributed by atoms with van der Waals surface area (Å²) >= 11 is 0. The Hall–Kier alpha value is -0.770. The molecule has 3 rings (SSSR count). The first-order valence-electron chi connectivity index (χ1n) is 9.62. The Balaban J connectivity index is 1.61. The highest BCUT2D eigenvalue weighted by atomic mass is 16.2. The Bertz CT molecular complexity index is 424. The van der Waals surface area contributed by atoms with Gasteiger partial charge in [0.15, 0.2) is 0 Å². The van der Waals surface area contributed by atoms with Crippen molar-refractivity contribution in [3.8, 4) is 0 Å². The molecular formula is C19H35N3O. The number of hydrogen-bond donors (Lipinski definition) is 2. The van der Waals surface area contributed by atoms with Crippen molar-refractivity contribution in [3.05, 3.63) is 0 Å². The predicted molar refractivity (Wildman–Crippen MR) is 94.5 cm³/mol. The van der Waals surface area contributed by atoms with E-state index in [1.165, 1.54) is 38.5 Å². The van der Waals surface area contributed by atoms with Gasteiger partial charge in [-0.05, 0) is 72.1 Å².